The first kappa shape index (κ1) is 13.0. The summed E-state index contributed by atoms with van der Waals surface area (Å²) in [6.45, 7) is 7.18. The minimum atomic E-state index is 0.708. The van der Waals surface area contributed by atoms with Gasteiger partial charge in [0.1, 0.15) is 0 Å². The molecule has 1 rings (SSSR count). The predicted molar refractivity (Wildman–Crippen MR) is 58.4 cm³/mol. The Labute approximate surface area is 84.0 Å². The lowest BCUT2D eigenvalue weighted by Crippen LogP contribution is -2.33. The van der Waals surface area contributed by atoms with Crippen molar-refractivity contribution in [2.45, 2.75) is 39.1 Å². The molecule has 0 spiro atoms. The van der Waals surface area contributed by atoms with Gasteiger partial charge in [-0.2, -0.15) is 0 Å². The number of nitrogens with zero attached hydrogens (tertiary/aromatic N) is 1. The molecule has 1 aliphatic heterocycles. The lowest BCUT2D eigenvalue weighted by Gasteiger charge is -2.22. The van der Waals surface area contributed by atoms with Crippen molar-refractivity contribution in [1.29, 1.82) is 0 Å². The second kappa shape index (κ2) is 8.58. The molecule has 2 nitrogen and oxygen atoms in total. The molecule has 0 N–H and O–H groups in total. The Morgan fingerprint density at radius 3 is 2.69 bits per heavy atom. The van der Waals surface area contributed by atoms with Crippen LogP contribution in [0.15, 0.2) is 0 Å². The first-order valence-electron chi connectivity index (χ1n) is 5.19. The molecule has 1 unspecified atom stereocenters. The van der Waals surface area contributed by atoms with Gasteiger partial charge in [-0.15, -0.1) is 0 Å². The van der Waals surface area contributed by atoms with Crippen molar-refractivity contribution in [2.24, 2.45) is 0 Å². The van der Waals surface area contributed by atoms with E-state index in [9.17, 15) is 0 Å². The van der Waals surface area contributed by atoms with Crippen LogP contribution < -0.4 is 0 Å². The summed E-state index contributed by atoms with van der Waals surface area (Å²) in [6.07, 6.45) is 3.95. The smallest absolute Gasteiger partial charge is 0.0618 e. The van der Waals surface area contributed by atoms with Gasteiger partial charge in [0.25, 0.3) is 0 Å². The molecule has 2 radical (unpaired) electrons. The van der Waals surface area contributed by atoms with Crippen LogP contribution in [0.4, 0.5) is 0 Å². The normalized spacial score (nSPS) is 22.5. The van der Waals surface area contributed by atoms with Gasteiger partial charge in [0.2, 0.25) is 0 Å². The highest BCUT2D eigenvalue weighted by Gasteiger charge is 2.22. The minimum Gasteiger partial charge on any atom is -0.383 e. The van der Waals surface area contributed by atoms with Gasteiger partial charge in [0.05, 0.1) is 14.5 Å². The Bertz CT molecular complexity index is 99.1. The van der Waals surface area contributed by atoms with Crippen LogP contribution in [0.5, 0.6) is 0 Å². The quantitative estimate of drug-likeness (QED) is 0.615. The fraction of sp³-hybridized carbons (Fsp3) is 1.00. The molecule has 0 amide bonds. The molecular formula is C10H22BNO. The van der Waals surface area contributed by atoms with Crippen LogP contribution in [0.3, 0.4) is 0 Å². The molecular weight excluding hydrogens is 161 g/mol. The van der Waals surface area contributed by atoms with E-state index in [2.05, 4.69) is 19.7 Å². The van der Waals surface area contributed by atoms with Crippen LogP contribution in [-0.4, -0.2) is 45.6 Å². The Morgan fingerprint density at radius 2 is 2.15 bits per heavy atom. The third-order valence-electron chi connectivity index (χ3n) is 2.37. The largest absolute Gasteiger partial charge is 0.383 e. The molecule has 0 aromatic carbocycles. The molecule has 1 heterocycles. The lowest BCUT2D eigenvalue weighted by molar-refractivity contribution is 0.115. The van der Waals surface area contributed by atoms with E-state index in [1.807, 2.05) is 0 Å². The van der Waals surface area contributed by atoms with E-state index in [0.717, 1.165) is 6.61 Å². The van der Waals surface area contributed by atoms with Crippen molar-refractivity contribution in [3.8, 4) is 0 Å². The molecule has 13 heavy (non-hydrogen) atoms. The molecule has 0 bridgehead atoms. The third-order valence-corrected chi connectivity index (χ3v) is 2.37. The van der Waals surface area contributed by atoms with Crippen molar-refractivity contribution in [3.05, 3.63) is 0 Å². The molecule has 0 aliphatic carbocycles. The second-order valence-electron chi connectivity index (χ2n) is 3.29. The van der Waals surface area contributed by atoms with E-state index >= 15 is 0 Å². The lowest BCUT2D eigenvalue weighted by atomic mass is 10.2. The zero-order chi connectivity index (χ0) is 10.1. The molecule has 3 heteroatoms. The standard InChI is InChI=1S/C9H19NO.CH3B/c1-3-6-10-7-4-5-9(10)8-11-2;1-2/h9H,3-8H2,1-2H3;1H3. The molecule has 0 saturated carbocycles. The summed E-state index contributed by atoms with van der Waals surface area (Å²) < 4.78 is 5.16. The molecule has 1 atom stereocenters. The Hall–Kier alpha value is -0.0151. The van der Waals surface area contributed by atoms with E-state index in [4.69, 9.17) is 4.74 Å². The van der Waals surface area contributed by atoms with Crippen LogP contribution >= 0.6 is 0 Å². The molecule has 1 aliphatic rings. The van der Waals surface area contributed by atoms with Gasteiger partial charge in [-0.3, -0.25) is 4.90 Å². The zero-order valence-corrected chi connectivity index (χ0v) is 9.25. The van der Waals surface area contributed by atoms with Gasteiger partial charge in [-0.1, -0.05) is 13.7 Å². The molecule has 0 aromatic rings. The third kappa shape index (κ3) is 4.68. The van der Waals surface area contributed by atoms with Crippen molar-refractivity contribution in [3.63, 3.8) is 0 Å². The van der Waals surface area contributed by atoms with Crippen molar-refractivity contribution in [1.82, 2.24) is 4.90 Å². The van der Waals surface area contributed by atoms with E-state index in [1.54, 1.807) is 7.11 Å². The fourth-order valence-corrected chi connectivity index (χ4v) is 1.86. The summed E-state index contributed by atoms with van der Waals surface area (Å²) in [7, 11) is 6.29. The summed E-state index contributed by atoms with van der Waals surface area (Å²) in [5, 5.41) is 0. The number of methoxy groups -OCH3 is 1. The van der Waals surface area contributed by atoms with Crippen LogP contribution in [0.1, 0.15) is 26.2 Å². The van der Waals surface area contributed by atoms with E-state index in [0.29, 0.717) is 6.04 Å². The Balaban J connectivity index is 0.000000671. The first-order chi connectivity index (χ1) is 6.38. The van der Waals surface area contributed by atoms with Gasteiger partial charge in [0.15, 0.2) is 0 Å². The topological polar surface area (TPSA) is 12.5 Å². The minimum absolute atomic E-state index is 0.708. The second-order valence-corrected chi connectivity index (χ2v) is 3.29. The average molecular weight is 183 g/mol. The maximum absolute atomic E-state index is 5.16. The monoisotopic (exact) mass is 183 g/mol. The molecule has 76 valence electrons. The summed E-state index contributed by atoms with van der Waals surface area (Å²) in [5.74, 6) is 0. The SMILES string of the molecule is CCCN1CCCC1COC.[B]C. The number of likely N-dealkylation sites (tertiary alicyclic amines) is 1. The van der Waals surface area contributed by atoms with Gasteiger partial charge >= 0.3 is 0 Å². The van der Waals surface area contributed by atoms with Gasteiger partial charge in [-0.25, -0.2) is 0 Å². The number of ether oxygens (including phenoxy) is 1. The fourth-order valence-electron chi connectivity index (χ4n) is 1.86. The van der Waals surface area contributed by atoms with Crippen LogP contribution in [0, 0.1) is 0 Å². The number of rotatable bonds is 4. The highest BCUT2D eigenvalue weighted by atomic mass is 16.5. The summed E-state index contributed by atoms with van der Waals surface area (Å²) >= 11 is 0. The number of hydrogen-bond donors (Lipinski definition) is 0. The Kier molecular flexibility index (Phi) is 8.57. The molecule has 0 aromatic heterocycles. The first-order valence-corrected chi connectivity index (χ1v) is 5.19. The van der Waals surface area contributed by atoms with Crippen molar-refractivity contribution >= 4 is 7.85 Å². The van der Waals surface area contributed by atoms with E-state index in [1.165, 1.54) is 39.2 Å². The molecule has 1 saturated heterocycles. The van der Waals surface area contributed by atoms with Gasteiger partial charge < -0.3 is 4.74 Å². The maximum Gasteiger partial charge on any atom is 0.0618 e. The summed E-state index contributed by atoms with van der Waals surface area (Å²) in [6, 6.07) is 0.708. The zero-order valence-electron chi connectivity index (χ0n) is 9.25. The van der Waals surface area contributed by atoms with E-state index in [-0.39, 0.29) is 0 Å². The maximum atomic E-state index is 5.16. The predicted octanol–water partition coefficient (Wildman–Crippen LogP) is 1.71. The van der Waals surface area contributed by atoms with E-state index < -0.39 is 0 Å². The number of hydrogen-bond acceptors (Lipinski definition) is 2. The highest BCUT2D eigenvalue weighted by Crippen LogP contribution is 2.16. The average Bonchev–Trinajstić information content (AvgIpc) is 2.58. The van der Waals surface area contributed by atoms with Crippen LogP contribution in [0.25, 0.3) is 0 Å². The van der Waals surface area contributed by atoms with Crippen molar-refractivity contribution < 1.29 is 4.74 Å². The Morgan fingerprint density at radius 1 is 1.46 bits per heavy atom. The van der Waals surface area contributed by atoms with Crippen molar-refractivity contribution in [2.75, 3.05) is 26.8 Å². The van der Waals surface area contributed by atoms with Gasteiger partial charge in [-0.05, 0) is 32.4 Å². The van der Waals surface area contributed by atoms with Crippen LogP contribution in [0.2, 0.25) is 6.82 Å². The molecule has 1 fully saturated rings. The van der Waals surface area contributed by atoms with Crippen LogP contribution in [-0.2, 0) is 4.74 Å². The summed E-state index contributed by atoms with van der Waals surface area (Å²) in [5.41, 5.74) is 0. The highest BCUT2D eigenvalue weighted by molar-refractivity contribution is 6.05. The summed E-state index contributed by atoms with van der Waals surface area (Å²) in [4.78, 5) is 2.55. The van der Waals surface area contributed by atoms with Gasteiger partial charge in [0, 0.05) is 13.2 Å².